The van der Waals surface area contributed by atoms with E-state index in [4.69, 9.17) is 27.9 Å². The molecule has 11 heteroatoms. The third-order valence-electron chi connectivity index (χ3n) is 4.37. The van der Waals surface area contributed by atoms with Gasteiger partial charge in [0.2, 0.25) is 0 Å². The van der Waals surface area contributed by atoms with Crippen LogP contribution in [-0.2, 0) is 4.79 Å². The Morgan fingerprint density at radius 2 is 1.87 bits per heavy atom. The second-order valence-electron chi connectivity index (χ2n) is 6.53. The normalized spacial score (nSPS) is 20.1. The van der Waals surface area contributed by atoms with Gasteiger partial charge in [0, 0.05) is 5.02 Å². The van der Waals surface area contributed by atoms with Crippen molar-refractivity contribution in [1.82, 2.24) is 5.01 Å². The van der Waals surface area contributed by atoms with Gasteiger partial charge in [-0.1, -0.05) is 35.3 Å². The zero-order chi connectivity index (χ0) is 22.3. The van der Waals surface area contributed by atoms with E-state index >= 15 is 0 Å². The summed E-state index contributed by atoms with van der Waals surface area (Å²) in [6.07, 6.45) is -7.72. The Morgan fingerprint density at radius 3 is 2.43 bits per heavy atom. The second kappa shape index (κ2) is 8.05. The van der Waals surface area contributed by atoms with Gasteiger partial charge in [0.15, 0.2) is 6.10 Å². The first-order chi connectivity index (χ1) is 13.9. The zero-order valence-corrected chi connectivity index (χ0v) is 16.8. The Hall–Kier alpha value is -2.36. The molecule has 1 aliphatic heterocycles. The number of hydrogen-bond donors (Lipinski definition) is 1. The van der Waals surface area contributed by atoms with Gasteiger partial charge in [-0.05, 0) is 42.8 Å². The summed E-state index contributed by atoms with van der Waals surface area (Å²) in [5.41, 5.74) is -3.70. The summed E-state index contributed by atoms with van der Waals surface area (Å²) < 4.78 is 59.4. The Labute approximate surface area is 178 Å². The van der Waals surface area contributed by atoms with Crippen molar-refractivity contribution >= 4 is 34.8 Å². The van der Waals surface area contributed by atoms with Gasteiger partial charge in [-0.15, -0.1) is 0 Å². The minimum Gasteiger partial charge on any atom is -0.479 e. The number of benzene rings is 2. The first-order valence-corrected chi connectivity index (χ1v) is 9.26. The number of ether oxygens (including phenoxy) is 1. The van der Waals surface area contributed by atoms with E-state index in [1.165, 1.54) is 37.3 Å². The molecule has 30 heavy (non-hydrogen) atoms. The summed E-state index contributed by atoms with van der Waals surface area (Å²) in [5.74, 6) is -1.84. The van der Waals surface area contributed by atoms with Gasteiger partial charge < -0.3 is 9.84 Å². The summed E-state index contributed by atoms with van der Waals surface area (Å²) in [5, 5.41) is 14.3. The second-order valence-corrected chi connectivity index (χ2v) is 7.37. The van der Waals surface area contributed by atoms with Crippen LogP contribution in [0, 0.1) is 5.82 Å². The number of aliphatic hydroxyl groups is 1. The van der Waals surface area contributed by atoms with Crippen molar-refractivity contribution in [2.45, 2.75) is 31.3 Å². The molecule has 1 N–H and O–H groups in total. The van der Waals surface area contributed by atoms with Gasteiger partial charge in [-0.25, -0.2) is 4.39 Å². The third-order valence-corrected chi connectivity index (χ3v) is 4.90. The summed E-state index contributed by atoms with van der Waals surface area (Å²) in [6.45, 7) is 1.19. The Bertz CT molecular complexity index is 998. The molecule has 0 saturated carbocycles. The molecule has 0 fully saturated rings. The average molecular weight is 465 g/mol. The fourth-order valence-electron chi connectivity index (χ4n) is 2.78. The van der Waals surface area contributed by atoms with Gasteiger partial charge in [0.1, 0.15) is 11.6 Å². The number of nitrogens with zero attached hydrogens (tertiary/aromatic N) is 2. The maximum atomic E-state index is 13.7. The van der Waals surface area contributed by atoms with Crippen molar-refractivity contribution in [2.75, 3.05) is 0 Å². The van der Waals surface area contributed by atoms with Crippen molar-refractivity contribution in [3.05, 3.63) is 63.9 Å². The van der Waals surface area contributed by atoms with Crippen molar-refractivity contribution in [3.8, 4) is 5.75 Å². The molecule has 2 aromatic carbocycles. The van der Waals surface area contributed by atoms with Crippen LogP contribution in [0.5, 0.6) is 5.75 Å². The third kappa shape index (κ3) is 4.23. The highest BCUT2D eigenvalue weighted by Gasteiger charge is 2.63. The lowest BCUT2D eigenvalue weighted by Gasteiger charge is -2.33. The van der Waals surface area contributed by atoms with Crippen LogP contribution in [-0.4, -0.2) is 39.7 Å². The largest absolute Gasteiger partial charge is 0.479 e. The van der Waals surface area contributed by atoms with E-state index in [0.717, 1.165) is 12.1 Å². The van der Waals surface area contributed by atoms with Crippen molar-refractivity contribution in [1.29, 1.82) is 0 Å². The van der Waals surface area contributed by atoms with Gasteiger partial charge >= 0.3 is 6.18 Å². The summed E-state index contributed by atoms with van der Waals surface area (Å²) >= 11 is 11.7. The summed E-state index contributed by atoms with van der Waals surface area (Å²) in [4.78, 5) is 12.7. The molecule has 1 heterocycles. The molecule has 0 aliphatic carbocycles. The van der Waals surface area contributed by atoms with Crippen LogP contribution in [0.15, 0.2) is 47.6 Å². The molecule has 0 saturated heterocycles. The zero-order valence-electron chi connectivity index (χ0n) is 15.3. The highest BCUT2D eigenvalue weighted by molar-refractivity contribution is 6.35. The molecule has 2 atom stereocenters. The van der Waals surface area contributed by atoms with E-state index in [-0.39, 0.29) is 27.1 Å². The SMILES string of the molecule is C[C@H](Oc1ccc(Cl)cc1Cl)C(=O)N1N=C(c2ccc(F)cc2)C[C@]1(O)C(F)(F)F. The van der Waals surface area contributed by atoms with E-state index < -0.39 is 36.2 Å². The number of rotatable bonds is 4. The molecule has 0 aromatic heterocycles. The predicted molar refractivity (Wildman–Crippen MR) is 102 cm³/mol. The molecule has 0 bridgehead atoms. The maximum absolute atomic E-state index is 13.7. The fraction of sp³-hybridized carbons (Fsp3) is 0.263. The lowest BCUT2D eigenvalue weighted by Crippen LogP contribution is -2.58. The maximum Gasteiger partial charge on any atom is 0.438 e. The Morgan fingerprint density at radius 1 is 1.23 bits per heavy atom. The monoisotopic (exact) mass is 464 g/mol. The number of hydrogen-bond acceptors (Lipinski definition) is 4. The molecule has 1 amide bonds. The molecule has 160 valence electrons. The number of carbonyl (C=O) groups is 1. The standard InChI is InChI=1S/C19H14Cl2F4N2O3/c1-10(30-16-7-4-12(20)8-14(16)21)17(28)27-18(29,19(23,24)25)9-15(26-27)11-2-5-13(22)6-3-11/h2-8,10,29H,9H2,1H3/t10-,18-/m0/s1. The van der Waals surface area contributed by atoms with Crippen molar-refractivity contribution in [2.24, 2.45) is 5.10 Å². The first kappa shape index (κ1) is 22.3. The number of alkyl halides is 3. The van der Waals surface area contributed by atoms with Crippen LogP contribution in [0.1, 0.15) is 18.9 Å². The molecule has 0 spiro atoms. The fourth-order valence-corrected chi connectivity index (χ4v) is 3.24. The lowest BCUT2D eigenvalue weighted by molar-refractivity contribution is -0.303. The van der Waals surface area contributed by atoms with Crippen LogP contribution < -0.4 is 4.74 Å². The van der Waals surface area contributed by atoms with Gasteiger partial charge in [0.05, 0.1) is 17.2 Å². The predicted octanol–water partition coefficient (Wildman–Crippen LogP) is 4.79. The van der Waals surface area contributed by atoms with Crippen molar-refractivity contribution < 1.29 is 32.2 Å². The summed E-state index contributed by atoms with van der Waals surface area (Å²) in [6, 6.07) is 8.57. The quantitative estimate of drug-likeness (QED) is 0.661. The van der Waals surface area contributed by atoms with Gasteiger partial charge in [-0.3, -0.25) is 4.79 Å². The highest BCUT2D eigenvalue weighted by Crippen LogP contribution is 2.42. The van der Waals surface area contributed by atoms with Crippen molar-refractivity contribution in [3.63, 3.8) is 0 Å². The lowest BCUT2D eigenvalue weighted by atomic mass is 10.0. The molecular formula is C19H14Cl2F4N2O3. The Balaban J connectivity index is 1.92. The molecule has 2 aromatic rings. The number of hydrazone groups is 1. The molecule has 0 unspecified atom stereocenters. The van der Waals surface area contributed by atoms with Crippen LogP contribution in [0.2, 0.25) is 10.0 Å². The van der Waals surface area contributed by atoms with Crippen LogP contribution in [0.3, 0.4) is 0 Å². The summed E-state index contributed by atoms with van der Waals surface area (Å²) in [7, 11) is 0. The highest BCUT2D eigenvalue weighted by atomic mass is 35.5. The minimum atomic E-state index is -5.22. The van der Waals surface area contributed by atoms with Crippen LogP contribution >= 0.6 is 23.2 Å². The van der Waals surface area contributed by atoms with E-state index in [1.807, 2.05) is 0 Å². The van der Waals surface area contributed by atoms with E-state index in [2.05, 4.69) is 5.10 Å². The molecule has 5 nitrogen and oxygen atoms in total. The Kier molecular flexibility index (Phi) is 5.99. The molecular weight excluding hydrogens is 451 g/mol. The molecule has 0 radical (unpaired) electrons. The van der Waals surface area contributed by atoms with Gasteiger partial charge in [-0.2, -0.15) is 23.3 Å². The van der Waals surface area contributed by atoms with E-state index in [9.17, 15) is 27.5 Å². The number of halogens is 6. The van der Waals surface area contributed by atoms with Gasteiger partial charge in [0.25, 0.3) is 11.6 Å². The minimum absolute atomic E-state index is 0.0133. The van der Waals surface area contributed by atoms with E-state index in [0.29, 0.717) is 5.02 Å². The average Bonchev–Trinajstić information content (AvgIpc) is 3.02. The van der Waals surface area contributed by atoms with Crippen LogP contribution in [0.25, 0.3) is 0 Å². The molecule has 3 rings (SSSR count). The van der Waals surface area contributed by atoms with Crippen LogP contribution in [0.4, 0.5) is 17.6 Å². The molecule has 1 aliphatic rings. The first-order valence-electron chi connectivity index (χ1n) is 8.50. The topological polar surface area (TPSA) is 62.1 Å². The number of carbonyl (C=O) groups excluding carboxylic acids is 1. The number of amides is 1. The van der Waals surface area contributed by atoms with E-state index in [1.54, 1.807) is 0 Å². The smallest absolute Gasteiger partial charge is 0.438 e.